The summed E-state index contributed by atoms with van der Waals surface area (Å²) >= 11 is 23.8. The van der Waals surface area contributed by atoms with Crippen LogP contribution in [0.25, 0.3) is 0 Å². The minimum absolute atomic E-state index is 0.140. The van der Waals surface area contributed by atoms with Gasteiger partial charge in [0.1, 0.15) is 11.5 Å². The first-order valence-corrected chi connectivity index (χ1v) is 12.7. The van der Waals surface area contributed by atoms with Gasteiger partial charge < -0.3 is 20.1 Å². The minimum Gasteiger partial charge on any atom is -0.492 e. The molecule has 0 bridgehead atoms. The molecular weight excluding hydrogens is 546 g/mol. The van der Waals surface area contributed by atoms with Gasteiger partial charge in [0.15, 0.2) is 0 Å². The van der Waals surface area contributed by atoms with Gasteiger partial charge in [0.2, 0.25) is 11.8 Å². The van der Waals surface area contributed by atoms with E-state index >= 15 is 0 Å². The van der Waals surface area contributed by atoms with Gasteiger partial charge in [0.25, 0.3) is 0 Å². The minimum atomic E-state index is -0.140. The number of rotatable bonds is 12. The molecule has 0 aliphatic heterocycles. The first-order chi connectivity index (χ1) is 17.3. The van der Waals surface area contributed by atoms with Crippen LogP contribution in [-0.4, -0.2) is 25.0 Å². The molecule has 0 spiro atoms. The fraction of sp³-hybridized carbons (Fsp3) is 0.231. The van der Waals surface area contributed by atoms with E-state index in [4.69, 9.17) is 55.9 Å². The number of carbonyl (C=O) groups excluding carboxylic acids is 2. The number of anilines is 2. The third kappa shape index (κ3) is 9.43. The Balaban J connectivity index is 1.32. The summed E-state index contributed by atoms with van der Waals surface area (Å²) in [5, 5.41) is 7.55. The summed E-state index contributed by atoms with van der Waals surface area (Å²) in [6.07, 6.45) is 1.61. The van der Waals surface area contributed by atoms with Crippen LogP contribution in [-0.2, 0) is 9.59 Å². The summed E-state index contributed by atoms with van der Waals surface area (Å²) in [5.74, 6) is 0.770. The average Bonchev–Trinajstić information content (AvgIpc) is 2.83. The largest absolute Gasteiger partial charge is 0.492 e. The fourth-order valence-corrected chi connectivity index (χ4v) is 4.02. The molecule has 3 aromatic rings. The topological polar surface area (TPSA) is 76.7 Å². The average molecular weight is 570 g/mol. The van der Waals surface area contributed by atoms with Crippen LogP contribution in [0.2, 0.25) is 20.1 Å². The predicted octanol–water partition coefficient (Wildman–Crippen LogP) is 7.90. The zero-order valence-corrected chi connectivity index (χ0v) is 22.2. The highest BCUT2D eigenvalue weighted by molar-refractivity contribution is 6.36. The van der Waals surface area contributed by atoms with Gasteiger partial charge >= 0.3 is 0 Å². The van der Waals surface area contributed by atoms with E-state index in [1.807, 2.05) is 0 Å². The van der Waals surface area contributed by atoms with E-state index in [1.54, 1.807) is 60.7 Å². The normalized spacial score (nSPS) is 10.6. The van der Waals surface area contributed by atoms with Crippen LogP contribution in [0.15, 0.2) is 60.7 Å². The Morgan fingerprint density at radius 3 is 1.36 bits per heavy atom. The summed E-state index contributed by atoms with van der Waals surface area (Å²) in [4.78, 5) is 24.4. The zero-order chi connectivity index (χ0) is 25.9. The van der Waals surface area contributed by atoms with Crippen LogP contribution < -0.4 is 20.1 Å². The van der Waals surface area contributed by atoms with E-state index in [1.165, 1.54) is 0 Å². The number of benzene rings is 3. The molecule has 0 fully saturated rings. The zero-order valence-electron chi connectivity index (χ0n) is 19.2. The highest BCUT2D eigenvalue weighted by Crippen LogP contribution is 2.28. The van der Waals surface area contributed by atoms with Crippen molar-refractivity contribution in [3.05, 3.63) is 80.8 Å². The van der Waals surface area contributed by atoms with E-state index < -0.39 is 0 Å². The summed E-state index contributed by atoms with van der Waals surface area (Å²) in [6.45, 7) is 0.690. The van der Waals surface area contributed by atoms with Crippen molar-refractivity contribution in [3.63, 3.8) is 0 Å². The summed E-state index contributed by atoms with van der Waals surface area (Å²) in [7, 11) is 0. The molecule has 0 saturated carbocycles. The van der Waals surface area contributed by atoms with E-state index in [0.29, 0.717) is 69.0 Å². The third-order valence-electron chi connectivity index (χ3n) is 4.85. The van der Waals surface area contributed by atoms with Crippen LogP contribution >= 0.6 is 46.4 Å². The van der Waals surface area contributed by atoms with Crippen molar-refractivity contribution in [2.24, 2.45) is 0 Å². The van der Waals surface area contributed by atoms with Crippen molar-refractivity contribution >= 4 is 69.6 Å². The van der Waals surface area contributed by atoms with Crippen LogP contribution in [0.1, 0.15) is 25.7 Å². The molecule has 2 amide bonds. The second kappa shape index (κ2) is 14.2. The quantitative estimate of drug-likeness (QED) is 0.217. The van der Waals surface area contributed by atoms with Crippen molar-refractivity contribution in [1.82, 2.24) is 0 Å². The maximum absolute atomic E-state index is 12.2. The molecule has 0 saturated heterocycles. The number of nitrogens with one attached hydrogen (secondary N) is 2. The molecule has 0 unspecified atom stereocenters. The van der Waals surface area contributed by atoms with Gasteiger partial charge in [0.05, 0.1) is 23.3 Å². The van der Waals surface area contributed by atoms with Crippen LogP contribution in [0.4, 0.5) is 11.4 Å². The predicted molar refractivity (Wildman–Crippen MR) is 146 cm³/mol. The van der Waals surface area contributed by atoms with Gasteiger partial charge in [-0.1, -0.05) is 46.4 Å². The molecule has 3 rings (SSSR count). The number of carbonyl (C=O) groups is 2. The van der Waals surface area contributed by atoms with E-state index in [-0.39, 0.29) is 24.7 Å². The number of ether oxygens (including phenoxy) is 2. The Morgan fingerprint density at radius 1 is 0.611 bits per heavy atom. The smallest absolute Gasteiger partial charge is 0.224 e. The second-order valence-corrected chi connectivity index (χ2v) is 9.41. The van der Waals surface area contributed by atoms with Crippen molar-refractivity contribution in [3.8, 4) is 11.5 Å². The van der Waals surface area contributed by atoms with Crippen LogP contribution in [0.5, 0.6) is 11.5 Å². The Morgan fingerprint density at radius 2 is 1.00 bits per heavy atom. The molecule has 6 nitrogen and oxygen atoms in total. The standard InChI is InChI=1S/C26H24Cl4N2O4/c27-17-5-11-23(21(29)15-17)35-13-1-3-25(33)31-19-7-9-20(10-8-19)32-26(34)4-2-14-36-24-12-6-18(28)16-22(24)30/h5-12,15-16H,1-4,13-14H2,(H,31,33)(H,32,34). The van der Waals surface area contributed by atoms with Gasteiger partial charge in [-0.3, -0.25) is 9.59 Å². The van der Waals surface area contributed by atoms with Crippen molar-refractivity contribution in [1.29, 1.82) is 0 Å². The Kier molecular flexibility index (Phi) is 11.0. The molecule has 0 aliphatic carbocycles. The number of halogens is 4. The highest BCUT2D eigenvalue weighted by Gasteiger charge is 2.07. The van der Waals surface area contributed by atoms with E-state index in [2.05, 4.69) is 10.6 Å². The SMILES string of the molecule is O=C(CCCOc1ccc(Cl)cc1Cl)Nc1ccc(NC(=O)CCCOc2ccc(Cl)cc2Cl)cc1. The lowest BCUT2D eigenvalue weighted by Gasteiger charge is -2.10. The molecule has 2 N–H and O–H groups in total. The van der Waals surface area contributed by atoms with Gasteiger partial charge in [-0.15, -0.1) is 0 Å². The van der Waals surface area contributed by atoms with E-state index in [9.17, 15) is 9.59 Å². The highest BCUT2D eigenvalue weighted by atomic mass is 35.5. The van der Waals surface area contributed by atoms with Gasteiger partial charge in [-0.05, 0) is 73.5 Å². The lowest BCUT2D eigenvalue weighted by molar-refractivity contribution is -0.117. The number of hydrogen-bond donors (Lipinski definition) is 2. The molecule has 36 heavy (non-hydrogen) atoms. The lowest BCUT2D eigenvalue weighted by atomic mass is 10.2. The first-order valence-electron chi connectivity index (χ1n) is 11.2. The lowest BCUT2D eigenvalue weighted by Crippen LogP contribution is -2.14. The molecule has 10 heteroatoms. The molecule has 0 heterocycles. The second-order valence-electron chi connectivity index (χ2n) is 7.73. The Labute approximate surface area is 229 Å². The number of hydrogen-bond acceptors (Lipinski definition) is 4. The summed E-state index contributed by atoms with van der Waals surface area (Å²) < 4.78 is 11.2. The Hall–Kier alpha value is -2.64. The third-order valence-corrected chi connectivity index (χ3v) is 5.91. The van der Waals surface area contributed by atoms with E-state index in [0.717, 1.165) is 0 Å². The number of amides is 2. The monoisotopic (exact) mass is 568 g/mol. The van der Waals surface area contributed by atoms with Crippen molar-refractivity contribution in [2.75, 3.05) is 23.8 Å². The fourth-order valence-electron chi connectivity index (χ4n) is 3.10. The van der Waals surface area contributed by atoms with Crippen molar-refractivity contribution in [2.45, 2.75) is 25.7 Å². The molecule has 0 radical (unpaired) electrons. The van der Waals surface area contributed by atoms with Gasteiger partial charge in [-0.2, -0.15) is 0 Å². The molecule has 0 aliphatic rings. The van der Waals surface area contributed by atoms with Crippen molar-refractivity contribution < 1.29 is 19.1 Å². The maximum atomic E-state index is 12.2. The van der Waals surface area contributed by atoms with Gasteiger partial charge in [-0.25, -0.2) is 0 Å². The maximum Gasteiger partial charge on any atom is 0.224 e. The molecular formula is C26H24Cl4N2O4. The molecule has 0 aromatic heterocycles. The molecule has 190 valence electrons. The summed E-state index contributed by atoms with van der Waals surface area (Å²) in [5.41, 5.74) is 1.26. The molecule has 3 aromatic carbocycles. The van der Waals surface area contributed by atoms with Crippen LogP contribution in [0.3, 0.4) is 0 Å². The summed E-state index contributed by atoms with van der Waals surface area (Å²) in [6, 6.07) is 16.9. The Bertz CT molecular complexity index is 1100. The molecule has 0 atom stereocenters. The first kappa shape index (κ1) is 27.9. The van der Waals surface area contributed by atoms with Gasteiger partial charge in [0, 0.05) is 34.3 Å². The van der Waals surface area contributed by atoms with Crippen LogP contribution in [0, 0.1) is 0 Å².